The molecule has 1 aliphatic heterocycles. The molecule has 5 nitrogen and oxygen atoms in total. The first-order chi connectivity index (χ1) is 11.7. The third kappa shape index (κ3) is 4.30. The molecule has 3 rings (SSSR count). The molecule has 1 aromatic carbocycles. The van der Waals surface area contributed by atoms with E-state index in [0.29, 0.717) is 0 Å². The molecule has 1 saturated heterocycles. The topological polar surface area (TPSA) is 59.1 Å². The van der Waals surface area contributed by atoms with Gasteiger partial charge in [-0.3, -0.25) is 4.98 Å². The van der Waals surface area contributed by atoms with E-state index in [0.717, 1.165) is 44.1 Å². The molecule has 1 fully saturated rings. The van der Waals surface area contributed by atoms with E-state index in [-0.39, 0.29) is 11.6 Å². The Morgan fingerprint density at radius 1 is 1.17 bits per heavy atom. The van der Waals surface area contributed by atoms with E-state index in [9.17, 15) is 0 Å². The van der Waals surface area contributed by atoms with Gasteiger partial charge >= 0.3 is 0 Å². The Balaban J connectivity index is 1.70. The molecule has 0 bridgehead atoms. The molecule has 2 aromatic rings. The van der Waals surface area contributed by atoms with Crippen molar-refractivity contribution in [3.8, 4) is 0 Å². The Bertz CT molecular complexity index is 641. The van der Waals surface area contributed by atoms with Crippen LogP contribution < -0.4 is 10.6 Å². The Morgan fingerprint density at radius 2 is 1.92 bits per heavy atom. The van der Waals surface area contributed by atoms with Crippen LogP contribution in [0.5, 0.6) is 0 Å². The van der Waals surface area contributed by atoms with E-state index in [2.05, 4.69) is 57.9 Å². The first-order valence-electron chi connectivity index (χ1n) is 8.60. The number of aromatic nitrogens is 2. The van der Waals surface area contributed by atoms with Crippen molar-refractivity contribution in [2.75, 3.05) is 25.1 Å². The van der Waals surface area contributed by atoms with Crippen molar-refractivity contribution in [1.29, 1.82) is 0 Å². The van der Waals surface area contributed by atoms with Gasteiger partial charge in [0.05, 0.1) is 11.9 Å². The van der Waals surface area contributed by atoms with E-state index in [1.54, 1.807) is 12.4 Å². The Morgan fingerprint density at radius 3 is 2.62 bits per heavy atom. The first-order valence-corrected chi connectivity index (χ1v) is 8.60. The Labute approximate surface area is 143 Å². The van der Waals surface area contributed by atoms with E-state index >= 15 is 0 Å². The number of nitrogens with one attached hydrogen (secondary N) is 2. The molecule has 1 unspecified atom stereocenters. The summed E-state index contributed by atoms with van der Waals surface area (Å²) in [7, 11) is 0. The van der Waals surface area contributed by atoms with Crippen molar-refractivity contribution in [3.63, 3.8) is 0 Å². The lowest BCUT2D eigenvalue weighted by Crippen LogP contribution is -2.54. The third-order valence-electron chi connectivity index (χ3n) is 4.64. The van der Waals surface area contributed by atoms with Gasteiger partial charge in [-0.05, 0) is 32.3 Å². The van der Waals surface area contributed by atoms with Gasteiger partial charge < -0.3 is 15.4 Å². The molecule has 1 aliphatic rings. The van der Waals surface area contributed by atoms with Crippen LogP contribution in [0.1, 0.15) is 37.1 Å². The molecule has 2 N–H and O–H groups in total. The number of hydrogen-bond acceptors (Lipinski definition) is 5. The Hall–Kier alpha value is -1.98. The standard InChI is InChI=1S/C19H26N4O/c1-15-12-20-13-18(22-15)21-14-19(8-10-24-11-9-19)23-16(2)17-6-4-3-5-7-17/h3-7,12-13,16,23H,8-11,14H2,1-2H3,(H,21,22). The highest BCUT2D eigenvalue weighted by molar-refractivity contribution is 5.32. The Kier molecular flexibility index (Phi) is 5.43. The van der Waals surface area contributed by atoms with Gasteiger partial charge in [-0.25, -0.2) is 4.98 Å². The highest BCUT2D eigenvalue weighted by atomic mass is 16.5. The van der Waals surface area contributed by atoms with Gasteiger partial charge in [-0.1, -0.05) is 30.3 Å². The predicted molar refractivity (Wildman–Crippen MR) is 96.0 cm³/mol. The molecule has 0 amide bonds. The lowest BCUT2D eigenvalue weighted by atomic mass is 9.88. The summed E-state index contributed by atoms with van der Waals surface area (Å²) < 4.78 is 5.59. The number of nitrogens with zero attached hydrogens (tertiary/aromatic N) is 2. The zero-order valence-electron chi connectivity index (χ0n) is 14.5. The maximum Gasteiger partial charge on any atom is 0.144 e. The number of aryl methyl sites for hydroxylation is 1. The van der Waals surface area contributed by atoms with Crippen LogP contribution in [0.4, 0.5) is 5.82 Å². The maximum absolute atomic E-state index is 5.59. The molecular formula is C19H26N4O. The summed E-state index contributed by atoms with van der Waals surface area (Å²) in [6.07, 6.45) is 5.51. The van der Waals surface area contributed by atoms with Crippen molar-refractivity contribution in [3.05, 3.63) is 54.0 Å². The van der Waals surface area contributed by atoms with Crippen molar-refractivity contribution in [2.24, 2.45) is 0 Å². The van der Waals surface area contributed by atoms with Crippen LogP contribution in [-0.2, 0) is 4.74 Å². The minimum atomic E-state index is -0.00106. The van der Waals surface area contributed by atoms with Crippen molar-refractivity contribution in [1.82, 2.24) is 15.3 Å². The molecular weight excluding hydrogens is 300 g/mol. The predicted octanol–water partition coefficient (Wildman–Crippen LogP) is 3.10. The normalized spacial score (nSPS) is 18.1. The maximum atomic E-state index is 5.59. The lowest BCUT2D eigenvalue weighted by molar-refractivity contribution is 0.0389. The number of anilines is 1. The smallest absolute Gasteiger partial charge is 0.144 e. The van der Waals surface area contributed by atoms with E-state index in [1.165, 1.54) is 5.56 Å². The summed E-state index contributed by atoms with van der Waals surface area (Å²) >= 11 is 0. The van der Waals surface area contributed by atoms with E-state index < -0.39 is 0 Å². The monoisotopic (exact) mass is 326 g/mol. The van der Waals surface area contributed by atoms with Crippen LogP contribution in [-0.4, -0.2) is 35.3 Å². The zero-order chi connectivity index (χ0) is 16.8. The molecule has 1 aromatic heterocycles. The quantitative estimate of drug-likeness (QED) is 0.854. The van der Waals surface area contributed by atoms with Gasteiger partial charge in [-0.2, -0.15) is 0 Å². The van der Waals surface area contributed by atoms with Gasteiger partial charge in [0.2, 0.25) is 0 Å². The second-order valence-electron chi connectivity index (χ2n) is 6.57. The first kappa shape index (κ1) is 16.9. The van der Waals surface area contributed by atoms with E-state index in [1.807, 2.05) is 6.92 Å². The van der Waals surface area contributed by atoms with Crippen molar-refractivity contribution >= 4 is 5.82 Å². The fourth-order valence-corrected chi connectivity index (χ4v) is 3.23. The summed E-state index contributed by atoms with van der Waals surface area (Å²) in [5.74, 6) is 0.829. The molecule has 128 valence electrons. The van der Waals surface area contributed by atoms with Crippen LogP contribution in [0, 0.1) is 6.92 Å². The minimum absolute atomic E-state index is 0.00106. The van der Waals surface area contributed by atoms with Gasteiger partial charge in [0.25, 0.3) is 0 Å². The number of rotatable bonds is 6. The molecule has 0 saturated carbocycles. The molecule has 2 heterocycles. The average Bonchev–Trinajstić information content (AvgIpc) is 2.62. The highest BCUT2D eigenvalue weighted by Crippen LogP contribution is 2.26. The highest BCUT2D eigenvalue weighted by Gasteiger charge is 2.33. The lowest BCUT2D eigenvalue weighted by Gasteiger charge is -2.40. The molecule has 1 atom stereocenters. The molecule has 5 heteroatoms. The third-order valence-corrected chi connectivity index (χ3v) is 4.64. The van der Waals surface area contributed by atoms with Gasteiger partial charge in [0, 0.05) is 37.5 Å². The summed E-state index contributed by atoms with van der Waals surface area (Å²) in [5.41, 5.74) is 2.23. The fourth-order valence-electron chi connectivity index (χ4n) is 3.23. The summed E-state index contributed by atoms with van der Waals surface area (Å²) in [6.45, 7) is 6.56. The fraction of sp³-hybridized carbons (Fsp3) is 0.474. The van der Waals surface area contributed by atoms with Crippen molar-refractivity contribution < 1.29 is 4.74 Å². The number of hydrogen-bond donors (Lipinski definition) is 2. The van der Waals surface area contributed by atoms with Crippen LogP contribution >= 0.6 is 0 Å². The number of benzene rings is 1. The van der Waals surface area contributed by atoms with Gasteiger partial charge in [0.15, 0.2) is 0 Å². The second-order valence-corrected chi connectivity index (χ2v) is 6.57. The molecule has 0 aliphatic carbocycles. The average molecular weight is 326 g/mol. The number of ether oxygens (including phenoxy) is 1. The molecule has 24 heavy (non-hydrogen) atoms. The largest absolute Gasteiger partial charge is 0.381 e. The summed E-state index contributed by atoms with van der Waals surface area (Å²) in [5, 5.41) is 7.30. The van der Waals surface area contributed by atoms with Crippen molar-refractivity contribution in [2.45, 2.75) is 38.3 Å². The SMILES string of the molecule is Cc1cncc(NCC2(NC(C)c3ccccc3)CCOCC2)n1. The second kappa shape index (κ2) is 7.73. The zero-order valence-corrected chi connectivity index (χ0v) is 14.5. The summed E-state index contributed by atoms with van der Waals surface area (Å²) in [4.78, 5) is 8.70. The summed E-state index contributed by atoms with van der Waals surface area (Å²) in [6, 6.07) is 10.9. The molecule has 0 radical (unpaired) electrons. The molecule has 0 spiro atoms. The van der Waals surface area contributed by atoms with Crippen LogP contribution in [0.25, 0.3) is 0 Å². The van der Waals surface area contributed by atoms with Crippen LogP contribution in [0.15, 0.2) is 42.7 Å². The van der Waals surface area contributed by atoms with E-state index in [4.69, 9.17) is 4.74 Å². The minimum Gasteiger partial charge on any atom is -0.381 e. The van der Waals surface area contributed by atoms with Gasteiger partial charge in [0.1, 0.15) is 5.82 Å². The van der Waals surface area contributed by atoms with Gasteiger partial charge in [-0.15, -0.1) is 0 Å². The van der Waals surface area contributed by atoms with Crippen LogP contribution in [0.2, 0.25) is 0 Å². The van der Waals surface area contributed by atoms with Crippen LogP contribution in [0.3, 0.4) is 0 Å².